The van der Waals surface area contributed by atoms with Crippen LogP contribution in [0.4, 0.5) is 0 Å². The number of carbonyl (C=O) groups excluding carboxylic acids is 1. The molecule has 2 nitrogen and oxygen atoms in total. The topological polar surface area (TPSA) is 20.3 Å². The lowest BCUT2D eigenvalue weighted by Gasteiger charge is -2.23. The summed E-state index contributed by atoms with van der Waals surface area (Å²) in [6, 6.07) is 10.8. The Bertz CT molecular complexity index is 479. The van der Waals surface area contributed by atoms with E-state index in [1.54, 1.807) is 0 Å². The number of amides is 1. The molecule has 2 fully saturated rings. The maximum atomic E-state index is 12.3. The molecule has 0 aliphatic heterocycles. The molecule has 2 heteroatoms. The minimum atomic E-state index is 0.289. The molecular weight excluding hydrogens is 246 g/mol. The van der Waals surface area contributed by atoms with Gasteiger partial charge >= 0.3 is 0 Å². The fraction of sp³-hybridized carbons (Fsp3) is 0.611. The first kappa shape index (κ1) is 13.7. The normalized spacial score (nSPS) is 28.2. The van der Waals surface area contributed by atoms with Gasteiger partial charge in [-0.1, -0.05) is 44.2 Å². The molecule has 1 amide bonds. The fourth-order valence-corrected chi connectivity index (χ4v) is 3.31. The van der Waals surface area contributed by atoms with Gasteiger partial charge in [0.1, 0.15) is 0 Å². The van der Waals surface area contributed by atoms with E-state index in [4.69, 9.17) is 0 Å². The Labute approximate surface area is 122 Å². The molecule has 0 saturated heterocycles. The highest BCUT2D eigenvalue weighted by Crippen LogP contribution is 2.54. The van der Waals surface area contributed by atoms with E-state index >= 15 is 0 Å². The van der Waals surface area contributed by atoms with Gasteiger partial charge in [0.25, 0.3) is 0 Å². The SMILES string of the molecule is CCCN(CC1CC1(C)c1ccccc1)C(=O)C1CC1. The molecule has 0 radical (unpaired) electrons. The Balaban J connectivity index is 1.64. The van der Waals surface area contributed by atoms with Crippen LogP contribution in [0, 0.1) is 11.8 Å². The molecule has 108 valence electrons. The molecule has 2 unspecified atom stereocenters. The second-order valence-electron chi connectivity index (χ2n) is 6.74. The number of rotatable bonds is 6. The van der Waals surface area contributed by atoms with Crippen LogP contribution in [0.2, 0.25) is 0 Å². The van der Waals surface area contributed by atoms with Crippen LogP contribution in [-0.4, -0.2) is 23.9 Å². The van der Waals surface area contributed by atoms with Crippen LogP contribution in [0.15, 0.2) is 30.3 Å². The molecule has 2 aliphatic rings. The van der Waals surface area contributed by atoms with Crippen molar-refractivity contribution in [1.82, 2.24) is 4.90 Å². The molecular formula is C18H25NO. The van der Waals surface area contributed by atoms with Gasteiger partial charge < -0.3 is 4.90 Å². The summed E-state index contributed by atoms with van der Waals surface area (Å²) in [6.07, 6.45) is 4.50. The van der Waals surface area contributed by atoms with Crippen LogP contribution >= 0.6 is 0 Å². The maximum Gasteiger partial charge on any atom is 0.225 e. The fourth-order valence-electron chi connectivity index (χ4n) is 3.31. The highest BCUT2D eigenvalue weighted by atomic mass is 16.2. The summed E-state index contributed by atoms with van der Waals surface area (Å²) in [5.41, 5.74) is 1.72. The van der Waals surface area contributed by atoms with Gasteiger partial charge in [-0.2, -0.15) is 0 Å². The Morgan fingerprint density at radius 2 is 2.00 bits per heavy atom. The molecule has 0 bridgehead atoms. The molecule has 0 heterocycles. The van der Waals surface area contributed by atoms with Gasteiger partial charge in [0.2, 0.25) is 5.91 Å². The molecule has 0 spiro atoms. The summed E-state index contributed by atoms with van der Waals surface area (Å²) < 4.78 is 0. The third-order valence-electron chi connectivity index (χ3n) is 5.02. The summed E-state index contributed by atoms with van der Waals surface area (Å²) in [5, 5.41) is 0. The number of nitrogens with zero attached hydrogens (tertiary/aromatic N) is 1. The molecule has 3 rings (SSSR count). The van der Waals surface area contributed by atoms with Crippen molar-refractivity contribution in [1.29, 1.82) is 0 Å². The molecule has 1 aromatic rings. The van der Waals surface area contributed by atoms with E-state index in [1.807, 2.05) is 0 Å². The lowest BCUT2D eigenvalue weighted by molar-refractivity contribution is -0.132. The van der Waals surface area contributed by atoms with Gasteiger partial charge in [-0.15, -0.1) is 0 Å². The molecule has 0 aromatic heterocycles. The van der Waals surface area contributed by atoms with Crippen molar-refractivity contribution in [2.24, 2.45) is 11.8 Å². The van der Waals surface area contributed by atoms with E-state index in [0.717, 1.165) is 32.4 Å². The van der Waals surface area contributed by atoms with Crippen LogP contribution in [0.25, 0.3) is 0 Å². The molecule has 2 atom stereocenters. The number of hydrogen-bond acceptors (Lipinski definition) is 1. The number of hydrogen-bond donors (Lipinski definition) is 0. The van der Waals surface area contributed by atoms with Crippen LogP contribution in [0.5, 0.6) is 0 Å². The van der Waals surface area contributed by atoms with Crippen molar-refractivity contribution in [3.63, 3.8) is 0 Å². The van der Waals surface area contributed by atoms with Gasteiger partial charge in [0.15, 0.2) is 0 Å². The largest absolute Gasteiger partial charge is 0.342 e. The summed E-state index contributed by atoms with van der Waals surface area (Å²) in [7, 11) is 0. The van der Waals surface area contributed by atoms with Crippen LogP contribution < -0.4 is 0 Å². The zero-order valence-electron chi connectivity index (χ0n) is 12.6. The number of carbonyl (C=O) groups is 1. The minimum absolute atomic E-state index is 0.289. The van der Waals surface area contributed by atoms with E-state index in [1.165, 1.54) is 12.0 Å². The zero-order valence-corrected chi connectivity index (χ0v) is 12.6. The zero-order chi connectivity index (χ0) is 14.2. The van der Waals surface area contributed by atoms with Gasteiger partial charge in [-0.25, -0.2) is 0 Å². The second-order valence-corrected chi connectivity index (χ2v) is 6.74. The van der Waals surface area contributed by atoms with Gasteiger partial charge in [-0.3, -0.25) is 4.79 Å². The Kier molecular flexibility index (Phi) is 3.57. The molecule has 0 N–H and O–H groups in total. The summed E-state index contributed by atoms with van der Waals surface area (Å²) in [5.74, 6) is 1.40. The van der Waals surface area contributed by atoms with Crippen molar-refractivity contribution in [3.8, 4) is 0 Å². The molecule has 20 heavy (non-hydrogen) atoms. The summed E-state index contributed by atoms with van der Waals surface area (Å²) >= 11 is 0. The van der Waals surface area contributed by atoms with E-state index in [2.05, 4.69) is 49.1 Å². The average molecular weight is 271 g/mol. The third kappa shape index (κ3) is 2.61. The quantitative estimate of drug-likeness (QED) is 0.774. The highest BCUT2D eigenvalue weighted by Gasteiger charge is 2.52. The third-order valence-corrected chi connectivity index (χ3v) is 5.02. The smallest absolute Gasteiger partial charge is 0.225 e. The molecule has 2 aliphatic carbocycles. The van der Waals surface area contributed by atoms with Gasteiger partial charge in [0, 0.05) is 19.0 Å². The van der Waals surface area contributed by atoms with Crippen molar-refractivity contribution < 1.29 is 4.79 Å². The van der Waals surface area contributed by atoms with Crippen molar-refractivity contribution in [2.45, 2.75) is 44.9 Å². The lowest BCUT2D eigenvalue weighted by Crippen LogP contribution is -2.35. The highest BCUT2D eigenvalue weighted by molar-refractivity contribution is 5.81. The molecule has 2 saturated carbocycles. The minimum Gasteiger partial charge on any atom is -0.342 e. The van der Waals surface area contributed by atoms with Crippen LogP contribution in [0.1, 0.15) is 45.1 Å². The summed E-state index contributed by atoms with van der Waals surface area (Å²) in [4.78, 5) is 14.5. The molecule has 1 aromatic carbocycles. The first-order valence-electron chi connectivity index (χ1n) is 7.99. The van der Waals surface area contributed by atoms with E-state index in [0.29, 0.717) is 17.7 Å². The predicted octanol–water partition coefficient (Wildman–Crippen LogP) is 3.61. The Morgan fingerprint density at radius 3 is 2.60 bits per heavy atom. The van der Waals surface area contributed by atoms with Crippen LogP contribution in [0.3, 0.4) is 0 Å². The number of benzene rings is 1. The van der Waals surface area contributed by atoms with Crippen molar-refractivity contribution in [2.75, 3.05) is 13.1 Å². The van der Waals surface area contributed by atoms with Crippen molar-refractivity contribution in [3.05, 3.63) is 35.9 Å². The van der Waals surface area contributed by atoms with Crippen LogP contribution in [-0.2, 0) is 10.2 Å². The first-order chi connectivity index (χ1) is 9.65. The summed E-state index contributed by atoms with van der Waals surface area (Å²) in [6.45, 7) is 6.39. The standard InChI is InChI=1S/C18H25NO/c1-3-11-19(17(20)14-9-10-14)13-16-12-18(16,2)15-7-5-4-6-8-15/h4-8,14,16H,3,9-13H2,1-2H3. The lowest BCUT2D eigenvalue weighted by atomic mass is 9.95. The second kappa shape index (κ2) is 5.23. The monoisotopic (exact) mass is 271 g/mol. The average Bonchev–Trinajstić information content (AvgIpc) is 3.36. The van der Waals surface area contributed by atoms with Crippen molar-refractivity contribution >= 4 is 5.91 Å². The van der Waals surface area contributed by atoms with Gasteiger partial charge in [-0.05, 0) is 42.6 Å². The predicted molar refractivity (Wildman–Crippen MR) is 81.5 cm³/mol. The maximum absolute atomic E-state index is 12.3. The van der Waals surface area contributed by atoms with Gasteiger partial charge in [0.05, 0.1) is 0 Å². The first-order valence-corrected chi connectivity index (χ1v) is 7.99. The van der Waals surface area contributed by atoms with E-state index < -0.39 is 0 Å². The Morgan fingerprint density at radius 1 is 1.30 bits per heavy atom. The van der Waals surface area contributed by atoms with E-state index in [-0.39, 0.29) is 5.41 Å². The van der Waals surface area contributed by atoms with E-state index in [9.17, 15) is 4.79 Å². The Hall–Kier alpha value is -1.31.